The molecule has 5 nitrogen and oxygen atoms in total. The quantitative estimate of drug-likeness (QED) is 0.739. The van der Waals surface area contributed by atoms with Crippen molar-refractivity contribution in [3.05, 3.63) is 0 Å². The molecule has 1 fully saturated rings. The predicted molar refractivity (Wildman–Crippen MR) is 70.0 cm³/mol. The lowest BCUT2D eigenvalue weighted by molar-refractivity contribution is 0.189. The normalized spacial score (nSPS) is 18.9. The van der Waals surface area contributed by atoms with E-state index in [-0.39, 0.29) is 11.6 Å². The van der Waals surface area contributed by atoms with Gasteiger partial charge >= 0.3 is 6.03 Å². The number of rotatable bonds is 2. The molecule has 3 N–H and O–H groups in total. The summed E-state index contributed by atoms with van der Waals surface area (Å²) in [7, 11) is 0. The molecular weight excluding hydrogens is 216 g/mol. The topological polar surface area (TPSA) is 61.6 Å². The maximum atomic E-state index is 12.0. The van der Waals surface area contributed by atoms with Gasteiger partial charge in [0.25, 0.3) is 0 Å². The third-order valence-electron chi connectivity index (χ3n) is 2.80. The van der Waals surface area contributed by atoms with Gasteiger partial charge in [0, 0.05) is 38.3 Å². The number of nitrogens with zero attached hydrogens (tertiary/aromatic N) is 2. The summed E-state index contributed by atoms with van der Waals surface area (Å²) in [6.07, 6.45) is 1.03. The molecule has 0 aromatic carbocycles. The number of urea groups is 1. The zero-order chi connectivity index (χ0) is 12.9. The van der Waals surface area contributed by atoms with E-state index in [9.17, 15) is 4.79 Å². The van der Waals surface area contributed by atoms with Gasteiger partial charge < -0.3 is 20.9 Å². The number of carbonyl (C=O) groups is 1. The fraction of sp³-hybridized carbons (Fsp3) is 0.917. The van der Waals surface area contributed by atoms with E-state index in [0.717, 1.165) is 39.1 Å². The van der Waals surface area contributed by atoms with Gasteiger partial charge in [-0.15, -0.1) is 0 Å². The van der Waals surface area contributed by atoms with Crippen molar-refractivity contribution >= 4 is 6.03 Å². The number of hydrogen-bond acceptors (Lipinski definition) is 3. The Morgan fingerprint density at radius 1 is 1.24 bits per heavy atom. The molecule has 17 heavy (non-hydrogen) atoms. The van der Waals surface area contributed by atoms with Crippen LogP contribution in [0.25, 0.3) is 0 Å². The second-order valence-electron chi connectivity index (χ2n) is 5.65. The first-order valence-electron chi connectivity index (χ1n) is 6.42. The van der Waals surface area contributed by atoms with Crippen molar-refractivity contribution in [3.8, 4) is 0 Å². The Morgan fingerprint density at radius 2 is 1.94 bits per heavy atom. The molecule has 0 spiro atoms. The van der Waals surface area contributed by atoms with E-state index >= 15 is 0 Å². The van der Waals surface area contributed by atoms with E-state index in [2.05, 4.69) is 10.2 Å². The van der Waals surface area contributed by atoms with Crippen molar-refractivity contribution < 1.29 is 4.79 Å². The molecule has 1 rings (SSSR count). The molecule has 1 heterocycles. The van der Waals surface area contributed by atoms with Gasteiger partial charge in [-0.05, 0) is 33.7 Å². The Labute approximate surface area is 104 Å². The van der Waals surface area contributed by atoms with Gasteiger partial charge in [-0.3, -0.25) is 0 Å². The van der Waals surface area contributed by atoms with E-state index in [0.29, 0.717) is 6.54 Å². The molecule has 1 aliphatic heterocycles. The molecule has 100 valence electrons. The molecule has 0 atom stereocenters. The summed E-state index contributed by atoms with van der Waals surface area (Å²) in [6, 6.07) is 0.0482. The van der Waals surface area contributed by atoms with Crippen molar-refractivity contribution in [2.45, 2.75) is 32.7 Å². The minimum Gasteiger partial charge on any atom is -0.333 e. The SMILES string of the molecule is CC(C)(C)NC(=O)N1CCCN(CCN)CC1. The molecule has 0 aromatic heterocycles. The van der Waals surface area contributed by atoms with E-state index in [4.69, 9.17) is 5.73 Å². The summed E-state index contributed by atoms with van der Waals surface area (Å²) < 4.78 is 0. The Kier molecular flexibility index (Phi) is 5.21. The summed E-state index contributed by atoms with van der Waals surface area (Å²) in [6.45, 7) is 11.2. The average molecular weight is 242 g/mol. The molecule has 5 heteroatoms. The molecule has 0 aromatic rings. The summed E-state index contributed by atoms with van der Waals surface area (Å²) in [5, 5.41) is 3.01. The van der Waals surface area contributed by atoms with Gasteiger partial charge in [0.15, 0.2) is 0 Å². The molecule has 0 unspecified atom stereocenters. The highest BCUT2D eigenvalue weighted by Crippen LogP contribution is 2.05. The Balaban J connectivity index is 2.43. The Bertz CT molecular complexity index is 249. The van der Waals surface area contributed by atoms with Crippen LogP contribution in [0.15, 0.2) is 0 Å². The number of carbonyl (C=O) groups excluding carboxylic acids is 1. The van der Waals surface area contributed by atoms with Crippen LogP contribution in [0, 0.1) is 0 Å². The van der Waals surface area contributed by atoms with Crippen LogP contribution in [0.2, 0.25) is 0 Å². The number of nitrogens with two attached hydrogens (primary N) is 1. The van der Waals surface area contributed by atoms with Crippen molar-refractivity contribution in [2.75, 3.05) is 39.3 Å². The van der Waals surface area contributed by atoms with Gasteiger partial charge in [-0.25, -0.2) is 4.79 Å². The van der Waals surface area contributed by atoms with E-state index in [1.165, 1.54) is 0 Å². The maximum absolute atomic E-state index is 12.0. The molecule has 1 saturated heterocycles. The van der Waals surface area contributed by atoms with Crippen molar-refractivity contribution in [3.63, 3.8) is 0 Å². The van der Waals surface area contributed by atoms with Gasteiger partial charge in [0.05, 0.1) is 0 Å². The zero-order valence-corrected chi connectivity index (χ0v) is 11.3. The van der Waals surface area contributed by atoms with E-state index in [1.54, 1.807) is 0 Å². The molecule has 2 amide bonds. The maximum Gasteiger partial charge on any atom is 0.317 e. The number of amides is 2. The fourth-order valence-electron chi connectivity index (χ4n) is 1.98. The predicted octanol–water partition coefficient (Wildman–Crippen LogP) is 0.461. The van der Waals surface area contributed by atoms with Gasteiger partial charge in [0.2, 0.25) is 0 Å². The zero-order valence-electron chi connectivity index (χ0n) is 11.3. The van der Waals surface area contributed by atoms with Crippen LogP contribution in [-0.4, -0.2) is 60.6 Å². The standard InChI is InChI=1S/C12H26N4O/c1-12(2,3)14-11(17)16-7-4-6-15(8-5-13)9-10-16/h4-10,13H2,1-3H3,(H,14,17). The van der Waals surface area contributed by atoms with Gasteiger partial charge in [-0.2, -0.15) is 0 Å². The highest BCUT2D eigenvalue weighted by Gasteiger charge is 2.21. The van der Waals surface area contributed by atoms with Crippen LogP contribution < -0.4 is 11.1 Å². The Morgan fingerprint density at radius 3 is 2.53 bits per heavy atom. The highest BCUT2D eigenvalue weighted by atomic mass is 16.2. The monoisotopic (exact) mass is 242 g/mol. The minimum atomic E-state index is -0.166. The molecular formula is C12H26N4O. The van der Waals surface area contributed by atoms with Crippen molar-refractivity contribution in [2.24, 2.45) is 5.73 Å². The van der Waals surface area contributed by atoms with Crippen LogP contribution in [0.3, 0.4) is 0 Å². The first-order chi connectivity index (χ1) is 7.92. The van der Waals surface area contributed by atoms with Crippen LogP contribution in [0.4, 0.5) is 4.79 Å². The third kappa shape index (κ3) is 5.37. The van der Waals surface area contributed by atoms with E-state index in [1.807, 2.05) is 25.7 Å². The number of nitrogens with one attached hydrogen (secondary N) is 1. The summed E-state index contributed by atoms with van der Waals surface area (Å²) in [5.74, 6) is 0. The summed E-state index contributed by atoms with van der Waals surface area (Å²) >= 11 is 0. The second-order valence-corrected chi connectivity index (χ2v) is 5.65. The van der Waals surface area contributed by atoms with Crippen LogP contribution >= 0.6 is 0 Å². The first-order valence-corrected chi connectivity index (χ1v) is 6.42. The smallest absolute Gasteiger partial charge is 0.317 e. The Hall–Kier alpha value is -0.810. The fourth-order valence-corrected chi connectivity index (χ4v) is 1.98. The largest absolute Gasteiger partial charge is 0.333 e. The number of hydrogen-bond donors (Lipinski definition) is 2. The molecule has 1 aliphatic rings. The van der Waals surface area contributed by atoms with Crippen LogP contribution in [-0.2, 0) is 0 Å². The van der Waals surface area contributed by atoms with Crippen LogP contribution in [0.1, 0.15) is 27.2 Å². The lowest BCUT2D eigenvalue weighted by Crippen LogP contribution is -2.49. The van der Waals surface area contributed by atoms with Crippen molar-refractivity contribution in [1.29, 1.82) is 0 Å². The molecule has 0 radical (unpaired) electrons. The third-order valence-corrected chi connectivity index (χ3v) is 2.80. The summed E-state index contributed by atoms with van der Waals surface area (Å²) in [5.41, 5.74) is 5.39. The second kappa shape index (κ2) is 6.21. The minimum absolute atomic E-state index is 0.0482. The molecule has 0 bridgehead atoms. The summed E-state index contributed by atoms with van der Waals surface area (Å²) in [4.78, 5) is 16.2. The van der Waals surface area contributed by atoms with E-state index < -0.39 is 0 Å². The molecule has 0 aliphatic carbocycles. The van der Waals surface area contributed by atoms with Crippen LogP contribution in [0.5, 0.6) is 0 Å². The highest BCUT2D eigenvalue weighted by molar-refractivity contribution is 5.74. The lowest BCUT2D eigenvalue weighted by Gasteiger charge is -2.27. The van der Waals surface area contributed by atoms with Crippen molar-refractivity contribution in [1.82, 2.24) is 15.1 Å². The average Bonchev–Trinajstić information content (AvgIpc) is 2.41. The first kappa shape index (κ1) is 14.3. The lowest BCUT2D eigenvalue weighted by atomic mass is 10.1. The van der Waals surface area contributed by atoms with Gasteiger partial charge in [0.1, 0.15) is 0 Å². The van der Waals surface area contributed by atoms with Gasteiger partial charge in [-0.1, -0.05) is 0 Å². The molecule has 0 saturated carbocycles.